The highest BCUT2D eigenvalue weighted by Gasteiger charge is 2.29. The van der Waals surface area contributed by atoms with E-state index in [2.05, 4.69) is 10.2 Å². The van der Waals surface area contributed by atoms with E-state index in [-0.39, 0.29) is 30.4 Å². The molecule has 1 saturated carbocycles. The Morgan fingerprint density at radius 1 is 1.15 bits per heavy atom. The van der Waals surface area contributed by atoms with Crippen molar-refractivity contribution in [3.05, 3.63) is 59.7 Å². The molecule has 0 bridgehead atoms. The topological polar surface area (TPSA) is 79.1 Å². The van der Waals surface area contributed by atoms with Crippen LogP contribution in [0.3, 0.4) is 0 Å². The molecule has 1 aliphatic carbocycles. The largest absolute Gasteiger partial charge is 0.480 e. The van der Waals surface area contributed by atoms with Gasteiger partial charge in [0.25, 0.3) is 0 Å². The fourth-order valence-electron chi connectivity index (χ4n) is 4.30. The zero-order chi connectivity index (χ0) is 23.7. The minimum atomic E-state index is -0.507. The maximum absolute atomic E-state index is 14.4. The lowest BCUT2D eigenvalue weighted by Crippen LogP contribution is -2.12. The van der Waals surface area contributed by atoms with Gasteiger partial charge >= 0.3 is 5.97 Å². The zero-order valence-electron chi connectivity index (χ0n) is 18.8. The quantitative estimate of drug-likeness (QED) is 0.302. The number of rotatable bonds is 7. The lowest BCUT2D eigenvalue weighted by atomic mass is 9.77. The Kier molecular flexibility index (Phi) is 6.19. The second kappa shape index (κ2) is 9.42. The number of aromatic nitrogens is 4. The fraction of sp³-hybridized carbons (Fsp3) is 0.280. The second-order valence-electron chi connectivity index (χ2n) is 8.07. The first-order chi connectivity index (χ1) is 16.7. The summed E-state index contributed by atoms with van der Waals surface area (Å²) in [5, 5.41) is 9.43. The second-order valence-corrected chi connectivity index (χ2v) is 8.57. The van der Waals surface area contributed by atoms with Crippen molar-refractivity contribution >= 4 is 29.2 Å². The molecule has 1 fully saturated rings. The van der Waals surface area contributed by atoms with Crippen LogP contribution >= 0.6 is 12.3 Å². The third-order valence-corrected chi connectivity index (χ3v) is 6.65. The summed E-state index contributed by atoms with van der Waals surface area (Å²) in [7, 11) is 1.46. The maximum atomic E-state index is 14.4. The van der Waals surface area contributed by atoms with E-state index in [1.165, 1.54) is 11.1 Å². The molecule has 0 saturated heterocycles. The molecule has 0 spiro atoms. The molecular weight excluding hydrogens is 455 g/mol. The number of nitrogens with zero attached hydrogens (tertiary/aromatic N) is 4. The molecule has 1 aliphatic rings. The Bertz CT molecular complexity index is 1360. The van der Waals surface area contributed by atoms with Crippen LogP contribution in [0.4, 0.5) is 3.89 Å². The van der Waals surface area contributed by atoms with Crippen molar-refractivity contribution in [3.8, 4) is 28.7 Å². The van der Waals surface area contributed by atoms with Gasteiger partial charge in [-0.2, -0.15) is 0 Å². The van der Waals surface area contributed by atoms with Crippen LogP contribution in [0.15, 0.2) is 48.5 Å². The van der Waals surface area contributed by atoms with E-state index in [1.54, 1.807) is 13.0 Å². The first kappa shape index (κ1) is 22.3. The number of benzene rings is 2. The minimum absolute atomic E-state index is 0.0561. The Labute approximate surface area is 200 Å². The Balaban J connectivity index is 1.77. The number of pyridine rings is 1. The molecule has 174 valence electrons. The normalized spacial score (nSPS) is 13.6. The lowest BCUT2D eigenvalue weighted by Gasteiger charge is -2.28. The van der Waals surface area contributed by atoms with Gasteiger partial charge in [-0.3, -0.25) is 0 Å². The fourth-order valence-corrected chi connectivity index (χ4v) is 4.70. The molecule has 0 amide bonds. The first-order valence-corrected chi connectivity index (χ1v) is 11.8. The average Bonchev–Trinajstić information content (AvgIpc) is 3.26. The third-order valence-electron chi connectivity index (χ3n) is 6.17. The van der Waals surface area contributed by atoms with Crippen LogP contribution in [0.1, 0.15) is 48.0 Å². The van der Waals surface area contributed by atoms with Gasteiger partial charge in [-0.25, -0.2) is 13.8 Å². The van der Waals surface area contributed by atoms with Crippen molar-refractivity contribution in [2.45, 2.75) is 32.1 Å². The predicted molar refractivity (Wildman–Crippen MR) is 129 cm³/mol. The van der Waals surface area contributed by atoms with Crippen molar-refractivity contribution < 1.29 is 18.2 Å². The number of carbonyl (C=O) groups is 1. The van der Waals surface area contributed by atoms with Gasteiger partial charge in [0.15, 0.2) is 24.0 Å². The van der Waals surface area contributed by atoms with Crippen LogP contribution in [0.25, 0.3) is 33.7 Å². The molecule has 0 unspecified atom stereocenters. The molecular formula is C25H23FN4O3S. The van der Waals surface area contributed by atoms with Crippen molar-refractivity contribution in [1.29, 1.82) is 0 Å². The van der Waals surface area contributed by atoms with Crippen molar-refractivity contribution in [2.24, 2.45) is 0 Å². The Hall–Kier alpha value is -3.46. The summed E-state index contributed by atoms with van der Waals surface area (Å²) in [5.74, 6) is 0.756. The van der Waals surface area contributed by atoms with Gasteiger partial charge in [0.05, 0.1) is 24.8 Å². The van der Waals surface area contributed by atoms with Crippen LogP contribution < -0.4 is 4.74 Å². The van der Waals surface area contributed by atoms with Gasteiger partial charge in [0.1, 0.15) is 5.56 Å². The van der Waals surface area contributed by atoms with E-state index in [0.717, 1.165) is 30.4 Å². The number of halogens is 1. The highest BCUT2D eigenvalue weighted by Crippen LogP contribution is 2.45. The van der Waals surface area contributed by atoms with Crippen LogP contribution in [-0.4, -0.2) is 38.8 Å². The van der Waals surface area contributed by atoms with Crippen molar-refractivity contribution in [3.63, 3.8) is 0 Å². The van der Waals surface area contributed by atoms with E-state index in [9.17, 15) is 8.68 Å². The number of hydrogen-bond acceptors (Lipinski definition) is 7. The molecule has 0 aliphatic heterocycles. The molecule has 5 rings (SSSR count). The molecule has 2 heterocycles. The molecule has 2 aromatic carbocycles. The van der Waals surface area contributed by atoms with Crippen LogP contribution in [0, 0.1) is 0 Å². The number of ether oxygens (including phenoxy) is 2. The van der Waals surface area contributed by atoms with E-state index >= 15 is 0 Å². The molecule has 0 N–H and O–H groups in total. The third kappa shape index (κ3) is 3.79. The molecule has 7 nitrogen and oxygen atoms in total. The Morgan fingerprint density at radius 2 is 1.91 bits per heavy atom. The summed E-state index contributed by atoms with van der Waals surface area (Å²) in [6.45, 7) is 1.98. The monoisotopic (exact) mass is 478 g/mol. The summed E-state index contributed by atoms with van der Waals surface area (Å²) in [6, 6.07) is 15.0. The van der Waals surface area contributed by atoms with E-state index in [4.69, 9.17) is 14.5 Å². The molecule has 2 aromatic heterocycles. The minimum Gasteiger partial charge on any atom is -0.480 e. The summed E-state index contributed by atoms with van der Waals surface area (Å²) < 4.78 is 26.4. The number of methoxy groups -OCH3 is 1. The van der Waals surface area contributed by atoms with E-state index in [0.29, 0.717) is 34.0 Å². The average molecular weight is 479 g/mol. The molecule has 0 radical (unpaired) electrons. The lowest BCUT2D eigenvalue weighted by molar-refractivity contribution is 0.0522. The number of esters is 1. The van der Waals surface area contributed by atoms with Gasteiger partial charge in [0, 0.05) is 10.9 Å². The molecule has 0 atom stereocenters. The highest BCUT2D eigenvalue weighted by atomic mass is 32.2. The summed E-state index contributed by atoms with van der Waals surface area (Å²) in [4.78, 5) is 17.2. The maximum Gasteiger partial charge on any atom is 0.343 e. The van der Waals surface area contributed by atoms with Gasteiger partial charge in [-0.1, -0.05) is 48.9 Å². The van der Waals surface area contributed by atoms with E-state index in [1.807, 2.05) is 42.5 Å². The number of hydrogen-bond donors (Lipinski definition) is 0. The van der Waals surface area contributed by atoms with E-state index < -0.39 is 5.97 Å². The van der Waals surface area contributed by atoms with Crippen LogP contribution in [0.2, 0.25) is 0 Å². The highest BCUT2D eigenvalue weighted by molar-refractivity contribution is 7.92. The van der Waals surface area contributed by atoms with Gasteiger partial charge in [-0.05, 0) is 37.3 Å². The number of carbonyl (C=O) groups excluding carboxylic acids is 1. The predicted octanol–water partition coefficient (Wildman–Crippen LogP) is 5.99. The van der Waals surface area contributed by atoms with Crippen molar-refractivity contribution in [1.82, 2.24) is 19.2 Å². The van der Waals surface area contributed by atoms with Crippen LogP contribution in [0.5, 0.6) is 5.88 Å². The van der Waals surface area contributed by atoms with Gasteiger partial charge < -0.3 is 9.47 Å². The molecule has 9 heteroatoms. The first-order valence-electron chi connectivity index (χ1n) is 11.1. The molecule has 4 aromatic rings. The summed E-state index contributed by atoms with van der Waals surface area (Å²) >= 11 is 0.0561. The molecule has 34 heavy (non-hydrogen) atoms. The summed E-state index contributed by atoms with van der Waals surface area (Å²) in [5.41, 5.74) is 3.32. The summed E-state index contributed by atoms with van der Waals surface area (Å²) in [6.07, 6.45) is 3.22. The van der Waals surface area contributed by atoms with Gasteiger partial charge in [-0.15, -0.1) is 14.1 Å². The van der Waals surface area contributed by atoms with Gasteiger partial charge in [0.2, 0.25) is 5.88 Å². The van der Waals surface area contributed by atoms with Crippen LogP contribution in [-0.2, 0) is 4.74 Å². The zero-order valence-corrected chi connectivity index (χ0v) is 19.6. The smallest absolute Gasteiger partial charge is 0.343 e. The SMILES string of the molecule is CCOC(=O)c1cc2ccc(C3CCC3)c(-c3nnc(-c4ccccc4)n3SF)c2nc1OC. The van der Waals surface area contributed by atoms with Crippen molar-refractivity contribution in [2.75, 3.05) is 13.7 Å². The number of fused-ring (bicyclic) bond motifs is 1. The standard InChI is InChI=1S/C25H23FN4O3S/c1-3-33-25(31)19-14-17-12-13-18(15-10-7-11-15)20(21(17)27-24(19)32-2)23-29-28-22(30(23)34-26)16-8-5-4-6-9-16/h4-6,8-9,12-15H,3,7,10-11H2,1-2H3. The Morgan fingerprint density at radius 3 is 2.56 bits per heavy atom.